The minimum atomic E-state index is -4.79. The van der Waals surface area contributed by atoms with Gasteiger partial charge in [-0.25, -0.2) is 18.9 Å². The van der Waals surface area contributed by atoms with E-state index >= 15 is 0 Å². The van der Waals surface area contributed by atoms with E-state index in [1.165, 1.54) is 40.2 Å². The Kier molecular flexibility index (Phi) is 8.92. The van der Waals surface area contributed by atoms with E-state index < -0.39 is 25.2 Å². The second-order valence-corrected chi connectivity index (χ2v) is 10.9. The van der Waals surface area contributed by atoms with Crippen molar-refractivity contribution in [1.82, 2.24) is 14.8 Å². The molecule has 5 rings (SSSR count). The number of benzene rings is 3. The molecule has 0 bridgehead atoms. The SMILES string of the molecule is Cc1cc(Cl)c(N2C(=O)CS/C2=N\C(=O)OCC(F)c2ccc(-c3ncn(-c4ccc(OC(F)(F)F)cc4)n3)cc2)cc1C. The smallest absolute Gasteiger partial charge is 0.444 e. The van der Waals surface area contributed by atoms with Gasteiger partial charge < -0.3 is 9.47 Å². The number of carbonyl (C=O) groups excluding carboxylic acids is 2. The summed E-state index contributed by atoms with van der Waals surface area (Å²) in [5.41, 5.74) is 3.46. The van der Waals surface area contributed by atoms with Crippen LogP contribution in [0, 0.1) is 13.8 Å². The molecule has 9 nitrogen and oxygen atoms in total. The van der Waals surface area contributed by atoms with Gasteiger partial charge in [0.15, 0.2) is 17.2 Å². The number of ether oxygens (including phenoxy) is 2. The summed E-state index contributed by atoms with van der Waals surface area (Å²) >= 11 is 7.40. The summed E-state index contributed by atoms with van der Waals surface area (Å²) in [4.78, 5) is 34.3. The molecule has 4 aromatic rings. The van der Waals surface area contributed by atoms with Crippen LogP contribution in [0.3, 0.4) is 0 Å². The third-order valence-corrected chi connectivity index (χ3v) is 7.69. The van der Waals surface area contributed by atoms with E-state index in [-0.39, 0.29) is 28.1 Å². The highest BCUT2D eigenvalue weighted by atomic mass is 35.5. The molecule has 2 amide bonds. The zero-order valence-electron chi connectivity index (χ0n) is 23.0. The van der Waals surface area contributed by atoms with E-state index in [2.05, 4.69) is 19.8 Å². The van der Waals surface area contributed by atoms with Crippen LogP contribution in [0.1, 0.15) is 22.9 Å². The van der Waals surface area contributed by atoms with E-state index in [1.54, 1.807) is 24.3 Å². The number of nitrogens with zero attached hydrogens (tertiary/aromatic N) is 5. The zero-order valence-corrected chi connectivity index (χ0v) is 24.6. The highest BCUT2D eigenvalue weighted by Gasteiger charge is 2.33. The summed E-state index contributed by atoms with van der Waals surface area (Å²) in [7, 11) is 0. The maximum atomic E-state index is 14.9. The van der Waals surface area contributed by atoms with Crippen LogP contribution in [0.5, 0.6) is 5.75 Å². The number of hydrogen-bond acceptors (Lipinski definition) is 7. The maximum absolute atomic E-state index is 14.9. The predicted octanol–water partition coefficient (Wildman–Crippen LogP) is 7.39. The Morgan fingerprint density at radius 3 is 2.45 bits per heavy atom. The van der Waals surface area contributed by atoms with Gasteiger partial charge in [-0.05, 0) is 66.9 Å². The Bertz CT molecular complexity index is 1730. The fourth-order valence-electron chi connectivity index (χ4n) is 4.13. The molecule has 44 heavy (non-hydrogen) atoms. The van der Waals surface area contributed by atoms with Crippen molar-refractivity contribution in [3.05, 3.63) is 88.7 Å². The van der Waals surface area contributed by atoms with Crippen molar-refractivity contribution in [3.63, 3.8) is 0 Å². The molecule has 1 aromatic heterocycles. The molecular formula is C29H22ClF4N5O4S. The van der Waals surface area contributed by atoms with Gasteiger partial charge in [-0.1, -0.05) is 47.6 Å². The van der Waals surface area contributed by atoms with E-state index in [4.69, 9.17) is 16.3 Å². The Morgan fingerprint density at radius 1 is 1.09 bits per heavy atom. The summed E-state index contributed by atoms with van der Waals surface area (Å²) in [6.07, 6.45) is -6.14. The first-order valence-corrected chi connectivity index (χ1v) is 14.2. The number of hydrogen-bond donors (Lipinski definition) is 0. The van der Waals surface area contributed by atoms with Crippen LogP contribution in [0.15, 0.2) is 72.0 Å². The lowest BCUT2D eigenvalue weighted by Crippen LogP contribution is -2.30. The third-order valence-electron chi connectivity index (χ3n) is 6.47. The lowest BCUT2D eigenvalue weighted by Gasteiger charge is -2.19. The summed E-state index contributed by atoms with van der Waals surface area (Å²) in [5, 5.41) is 4.72. The van der Waals surface area contributed by atoms with Gasteiger partial charge in [0.25, 0.3) is 0 Å². The van der Waals surface area contributed by atoms with Gasteiger partial charge in [0.2, 0.25) is 5.91 Å². The Balaban J connectivity index is 1.20. The number of aromatic nitrogens is 3. The van der Waals surface area contributed by atoms with Crippen LogP contribution >= 0.6 is 23.4 Å². The first-order chi connectivity index (χ1) is 20.9. The number of aryl methyl sites for hydroxylation is 2. The van der Waals surface area contributed by atoms with Crippen LogP contribution < -0.4 is 9.64 Å². The van der Waals surface area contributed by atoms with Gasteiger partial charge >= 0.3 is 12.5 Å². The fraction of sp³-hybridized carbons (Fsp3) is 0.207. The minimum Gasteiger partial charge on any atom is -0.444 e. The quantitative estimate of drug-likeness (QED) is 0.193. The maximum Gasteiger partial charge on any atom is 0.573 e. The standard InChI is InChI=1S/C29H22ClF4N5O4S/c1-16-11-22(30)24(12-17(16)2)39-25(40)14-44-27(39)36-28(41)42-13-23(31)18-3-5-19(6-4-18)26-35-15-38(37-26)20-7-9-21(10-8-20)43-29(32,33)34/h3-12,15,23H,13-14H2,1-2H3/b36-27-. The molecule has 0 aliphatic carbocycles. The largest absolute Gasteiger partial charge is 0.573 e. The Morgan fingerprint density at radius 2 is 1.77 bits per heavy atom. The average Bonchev–Trinajstić information content (AvgIpc) is 3.61. The summed E-state index contributed by atoms with van der Waals surface area (Å²) in [6, 6.07) is 14.7. The average molecular weight is 648 g/mol. The number of rotatable bonds is 7. The van der Waals surface area contributed by atoms with Crippen LogP contribution in [0.4, 0.5) is 28.0 Å². The molecule has 1 unspecified atom stereocenters. The third kappa shape index (κ3) is 7.19. The molecule has 0 N–H and O–H groups in total. The van der Waals surface area contributed by atoms with Gasteiger partial charge in [0, 0.05) is 5.56 Å². The molecule has 1 aliphatic heterocycles. The number of amides is 2. The van der Waals surface area contributed by atoms with Gasteiger partial charge in [-0.2, -0.15) is 4.99 Å². The number of thioether (sulfide) groups is 1. The lowest BCUT2D eigenvalue weighted by atomic mass is 10.1. The number of alkyl halides is 4. The number of aliphatic imine (C=N–C) groups is 1. The summed E-state index contributed by atoms with van der Waals surface area (Å²) < 4.78 is 62.3. The molecule has 1 saturated heterocycles. The van der Waals surface area contributed by atoms with Crippen molar-refractivity contribution in [3.8, 4) is 22.8 Å². The second-order valence-electron chi connectivity index (χ2n) is 9.52. The second kappa shape index (κ2) is 12.7. The molecule has 3 aromatic carbocycles. The Labute approximate surface area is 257 Å². The molecule has 228 valence electrons. The van der Waals surface area contributed by atoms with Gasteiger partial charge in [0.05, 0.1) is 22.2 Å². The first kappa shape index (κ1) is 31.0. The molecular weight excluding hydrogens is 626 g/mol. The van der Waals surface area contributed by atoms with Crippen LogP contribution in [-0.4, -0.2) is 50.7 Å². The van der Waals surface area contributed by atoms with Crippen LogP contribution in [0.25, 0.3) is 17.1 Å². The van der Waals surface area contributed by atoms with E-state index in [0.29, 0.717) is 27.8 Å². The minimum absolute atomic E-state index is 0.0593. The fourth-order valence-corrected chi connectivity index (χ4v) is 5.28. The monoisotopic (exact) mass is 647 g/mol. The van der Waals surface area contributed by atoms with Gasteiger partial charge in [-0.3, -0.25) is 9.69 Å². The van der Waals surface area contributed by atoms with Crippen molar-refractivity contribution in [2.24, 2.45) is 4.99 Å². The summed E-state index contributed by atoms with van der Waals surface area (Å²) in [5.74, 6) is -0.318. The van der Waals surface area contributed by atoms with Crippen molar-refractivity contribution >= 4 is 46.2 Å². The molecule has 0 spiro atoms. The van der Waals surface area contributed by atoms with Crippen molar-refractivity contribution in [2.45, 2.75) is 26.4 Å². The van der Waals surface area contributed by atoms with E-state index in [1.807, 2.05) is 13.8 Å². The van der Waals surface area contributed by atoms with Crippen molar-refractivity contribution in [2.75, 3.05) is 17.3 Å². The highest BCUT2D eigenvalue weighted by molar-refractivity contribution is 8.15. The van der Waals surface area contributed by atoms with Gasteiger partial charge in [-0.15, -0.1) is 18.3 Å². The molecule has 1 aliphatic rings. The molecule has 1 fully saturated rings. The van der Waals surface area contributed by atoms with Crippen LogP contribution in [0.2, 0.25) is 5.02 Å². The normalized spacial score (nSPS) is 15.1. The van der Waals surface area contributed by atoms with Gasteiger partial charge in [0.1, 0.15) is 18.7 Å². The number of amidine groups is 1. The van der Waals surface area contributed by atoms with E-state index in [9.17, 15) is 27.2 Å². The topological polar surface area (TPSA) is 98.9 Å². The number of carbonyl (C=O) groups is 2. The molecule has 1 atom stereocenters. The lowest BCUT2D eigenvalue weighted by molar-refractivity contribution is -0.274. The zero-order chi connectivity index (χ0) is 31.6. The molecule has 0 radical (unpaired) electrons. The molecule has 15 heteroatoms. The Hall–Kier alpha value is -4.43. The van der Waals surface area contributed by atoms with E-state index in [0.717, 1.165) is 35.0 Å². The molecule has 0 saturated carbocycles. The summed E-state index contributed by atoms with van der Waals surface area (Å²) in [6.45, 7) is 3.14. The van der Waals surface area contributed by atoms with Crippen molar-refractivity contribution in [1.29, 1.82) is 0 Å². The number of halogens is 5. The number of anilines is 1. The van der Waals surface area contributed by atoms with Crippen molar-refractivity contribution < 1.29 is 36.6 Å². The first-order valence-electron chi connectivity index (χ1n) is 12.9. The van der Waals surface area contributed by atoms with Crippen LogP contribution in [-0.2, 0) is 9.53 Å². The predicted molar refractivity (Wildman–Crippen MR) is 157 cm³/mol. The highest BCUT2D eigenvalue weighted by Crippen LogP contribution is 2.35. The molecule has 2 heterocycles.